The SMILES string of the molecule is CCC(C)C(O)CNC(=O)c1cn2cccnc2n1. The van der Waals surface area contributed by atoms with Crippen molar-refractivity contribution < 1.29 is 9.90 Å². The Labute approximate surface area is 111 Å². The lowest BCUT2D eigenvalue weighted by molar-refractivity contribution is 0.0846. The standard InChI is InChI=1S/C13H18N4O2/c1-3-9(2)11(18)7-15-12(19)10-8-17-6-4-5-14-13(17)16-10/h4-6,8-9,11,18H,3,7H2,1-2H3,(H,15,19). The van der Waals surface area contributed by atoms with Crippen molar-refractivity contribution in [3.63, 3.8) is 0 Å². The molecule has 2 unspecified atom stereocenters. The molecule has 0 saturated carbocycles. The largest absolute Gasteiger partial charge is 0.391 e. The Hall–Kier alpha value is -1.95. The number of rotatable bonds is 5. The summed E-state index contributed by atoms with van der Waals surface area (Å²) in [5.41, 5.74) is 0.301. The Kier molecular flexibility index (Phi) is 4.11. The number of hydrogen-bond donors (Lipinski definition) is 2. The molecule has 2 heterocycles. The molecule has 0 aliphatic carbocycles. The summed E-state index contributed by atoms with van der Waals surface area (Å²) in [4.78, 5) is 20.1. The average molecular weight is 262 g/mol. The van der Waals surface area contributed by atoms with Crippen molar-refractivity contribution in [1.82, 2.24) is 19.7 Å². The van der Waals surface area contributed by atoms with Crippen LogP contribution in [0.15, 0.2) is 24.7 Å². The molecule has 0 aliphatic rings. The van der Waals surface area contributed by atoms with Gasteiger partial charge in [-0.1, -0.05) is 20.3 Å². The lowest BCUT2D eigenvalue weighted by atomic mass is 10.0. The van der Waals surface area contributed by atoms with Gasteiger partial charge >= 0.3 is 0 Å². The van der Waals surface area contributed by atoms with Gasteiger partial charge in [0.15, 0.2) is 0 Å². The molecule has 2 rings (SSSR count). The van der Waals surface area contributed by atoms with Crippen LogP contribution in [0.5, 0.6) is 0 Å². The summed E-state index contributed by atoms with van der Waals surface area (Å²) in [6.07, 6.45) is 5.35. The summed E-state index contributed by atoms with van der Waals surface area (Å²) < 4.78 is 1.68. The van der Waals surface area contributed by atoms with Gasteiger partial charge in [0, 0.05) is 25.1 Å². The summed E-state index contributed by atoms with van der Waals surface area (Å²) >= 11 is 0. The van der Waals surface area contributed by atoms with E-state index in [2.05, 4.69) is 15.3 Å². The Balaban J connectivity index is 2.00. The predicted octanol–water partition coefficient (Wildman–Crippen LogP) is 0.866. The van der Waals surface area contributed by atoms with Crippen molar-refractivity contribution in [3.05, 3.63) is 30.4 Å². The third-order valence-electron chi connectivity index (χ3n) is 3.24. The zero-order valence-electron chi connectivity index (χ0n) is 11.1. The van der Waals surface area contributed by atoms with Crippen LogP contribution in [0.25, 0.3) is 5.78 Å². The van der Waals surface area contributed by atoms with Gasteiger partial charge in [-0.2, -0.15) is 0 Å². The zero-order valence-corrected chi connectivity index (χ0v) is 11.1. The van der Waals surface area contributed by atoms with Gasteiger partial charge in [-0.15, -0.1) is 0 Å². The molecule has 0 spiro atoms. The molecule has 0 bridgehead atoms. The van der Waals surface area contributed by atoms with E-state index in [9.17, 15) is 9.90 Å². The van der Waals surface area contributed by atoms with Crippen LogP contribution in [0, 0.1) is 5.92 Å². The van der Waals surface area contributed by atoms with Crippen molar-refractivity contribution in [2.24, 2.45) is 5.92 Å². The number of aromatic nitrogens is 3. The van der Waals surface area contributed by atoms with Crippen LogP contribution in [0.1, 0.15) is 30.8 Å². The first-order valence-electron chi connectivity index (χ1n) is 6.37. The van der Waals surface area contributed by atoms with Crippen molar-refractivity contribution in [3.8, 4) is 0 Å². The van der Waals surface area contributed by atoms with Crippen LogP contribution in [0.3, 0.4) is 0 Å². The maximum absolute atomic E-state index is 11.9. The van der Waals surface area contributed by atoms with Crippen LogP contribution < -0.4 is 5.32 Å². The quantitative estimate of drug-likeness (QED) is 0.837. The fourth-order valence-electron chi connectivity index (χ4n) is 1.70. The summed E-state index contributed by atoms with van der Waals surface area (Å²) in [6, 6.07) is 1.77. The van der Waals surface area contributed by atoms with Gasteiger partial charge in [0.05, 0.1) is 6.10 Å². The molecule has 6 heteroatoms. The van der Waals surface area contributed by atoms with Crippen LogP contribution in [0.4, 0.5) is 0 Å². The number of amides is 1. The van der Waals surface area contributed by atoms with Gasteiger partial charge in [0.2, 0.25) is 5.78 Å². The molecule has 0 radical (unpaired) electrons. The average Bonchev–Trinajstić information content (AvgIpc) is 2.87. The highest BCUT2D eigenvalue weighted by atomic mass is 16.3. The van der Waals surface area contributed by atoms with E-state index < -0.39 is 6.10 Å². The van der Waals surface area contributed by atoms with Gasteiger partial charge in [-0.3, -0.25) is 9.20 Å². The molecule has 6 nitrogen and oxygen atoms in total. The van der Waals surface area contributed by atoms with Gasteiger partial charge in [-0.25, -0.2) is 9.97 Å². The Morgan fingerprint density at radius 2 is 2.37 bits per heavy atom. The highest BCUT2D eigenvalue weighted by Gasteiger charge is 2.15. The van der Waals surface area contributed by atoms with Crippen molar-refractivity contribution in [1.29, 1.82) is 0 Å². The highest BCUT2D eigenvalue weighted by Crippen LogP contribution is 2.07. The maximum atomic E-state index is 11.9. The summed E-state index contributed by atoms with van der Waals surface area (Å²) in [5, 5.41) is 12.5. The number of fused-ring (bicyclic) bond motifs is 1. The van der Waals surface area contributed by atoms with Crippen LogP contribution in [-0.2, 0) is 0 Å². The summed E-state index contributed by atoms with van der Waals surface area (Å²) in [7, 11) is 0. The van der Waals surface area contributed by atoms with E-state index in [1.54, 1.807) is 29.1 Å². The lowest BCUT2D eigenvalue weighted by Crippen LogP contribution is -2.35. The smallest absolute Gasteiger partial charge is 0.271 e. The minimum atomic E-state index is -0.538. The minimum absolute atomic E-state index is 0.156. The fraction of sp³-hybridized carbons (Fsp3) is 0.462. The maximum Gasteiger partial charge on any atom is 0.271 e. The Morgan fingerprint density at radius 1 is 1.58 bits per heavy atom. The van der Waals surface area contributed by atoms with Crippen LogP contribution in [-0.4, -0.2) is 38.0 Å². The number of carbonyl (C=O) groups excluding carboxylic acids is 1. The molecular formula is C13H18N4O2. The number of hydrogen-bond acceptors (Lipinski definition) is 4. The Bertz CT molecular complexity index is 534. The van der Waals surface area contributed by atoms with Crippen molar-refractivity contribution >= 4 is 11.7 Å². The second kappa shape index (κ2) is 5.79. The van der Waals surface area contributed by atoms with E-state index in [4.69, 9.17) is 0 Å². The first-order chi connectivity index (χ1) is 9.11. The normalized spacial score (nSPS) is 14.3. The third-order valence-corrected chi connectivity index (χ3v) is 3.24. The number of nitrogens with zero attached hydrogens (tertiary/aromatic N) is 3. The zero-order chi connectivity index (χ0) is 13.8. The molecule has 2 atom stereocenters. The third kappa shape index (κ3) is 3.08. The van der Waals surface area contributed by atoms with Gasteiger partial charge < -0.3 is 10.4 Å². The summed E-state index contributed by atoms with van der Waals surface area (Å²) in [6.45, 7) is 4.18. The molecule has 2 aromatic heterocycles. The van der Waals surface area contributed by atoms with Crippen molar-refractivity contribution in [2.45, 2.75) is 26.4 Å². The first kappa shape index (κ1) is 13.5. The monoisotopic (exact) mass is 262 g/mol. The van der Waals surface area contributed by atoms with Gasteiger partial charge in [-0.05, 0) is 12.0 Å². The molecule has 102 valence electrons. The second-order valence-corrected chi connectivity index (χ2v) is 4.62. The van der Waals surface area contributed by atoms with Crippen LogP contribution in [0.2, 0.25) is 0 Å². The molecule has 19 heavy (non-hydrogen) atoms. The van der Waals surface area contributed by atoms with E-state index in [-0.39, 0.29) is 18.4 Å². The van der Waals surface area contributed by atoms with E-state index in [0.29, 0.717) is 11.5 Å². The topological polar surface area (TPSA) is 79.5 Å². The fourth-order valence-corrected chi connectivity index (χ4v) is 1.70. The molecule has 0 fully saturated rings. The summed E-state index contributed by atoms with van der Waals surface area (Å²) in [5.74, 6) is 0.339. The van der Waals surface area contributed by atoms with E-state index >= 15 is 0 Å². The first-order valence-corrected chi connectivity index (χ1v) is 6.37. The van der Waals surface area contributed by atoms with E-state index in [0.717, 1.165) is 6.42 Å². The Morgan fingerprint density at radius 3 is 3.05 bits per heavy atom. The number of aliphatic hydroxyl groups excluding tert-OH is 1. The highest BCUT2D eigenvalue weighted by molar-refractivity contribution is 5.92. The molecule has 2 aromatic rings. The van der Waals surface area contributed by atoms with Crippen LogP contribution >= 0.6 is 0 Å². The molecule has 0 aromatic carbocycles. The predicted molar refractivity (Wildman–Crippen MR) is 70.8 cm³/mol. The molecule has 2 N–H and O–H groups in total. The molecule has 1 amide bonds. The van der Waals surface area contributed by atoms with E-state index in [1.165, 1.54) is 0 Å². The van der Waals surface area contributed by atoms with Gasteiger partial charge in [0.25, 0.3) is 5.91 Å². The molecule has 0 aliphatic heterocycles. The second-order valence-electron chi connectivity index (χ2n) is 4.62. The van der Waals surface area contributed by atoms with Gasteiger partial charge in [0.1, 0.15) is 5.69 Å². The number of nitrogens with one attached hydrogen (secondary N) is 1. The van der Waals surface area contributed by atoms with E-state index in [1.807, 2.05) is 13.8 Å². The number of carbonyl (C=O) groups is 1. The minimum Gasteiger partial charge on any atom is -0.391 e. The lowest BCUT2D eigenvalue weighted by Gasteiger charge is -2.17. The molecular weight excluding hydrogens is 244 g/mol. The van der Waals surface area contributed by atoms with Crippen molar-refractivity contribution in [2.75, 3.05) is 6.54 Å². The number of aliphatic hydroxyl groups is 1. The molecule has 0 saturated heterocycles. The number of imidazole rings is 1.